The van der Waals surface area contributed by atoms with E-state index in [0.717, 1.165) is 11.4 Å². The Kier molecular flexibility index (Phi) is 4.99. The monoisotopic (exact) mass is 414 g/mol. The van der Waals surface area contributed by atoms with Gasteiger partial charge in [-0.05, 0) is 55.1 Å². The van der Waals surface area contributed by atoms with Gasteiger partial charge in [-0.1, -0.05) is 11.8 Å². The number of anilines is 1. The summed E-state index contributed by atoms with van der Waals surface area (Å²) in [4.78, 5) is 17.9. The molecule has 0 saturated heterocycles. The maximum atomic E-state index is 14.6. The van der Waals surface area contributed by atoms with Gasteiger partial charge in [-0.15, -0.1) is 11.3 Å². The second kappa shape index (κ2) is 7.44. The molecule has 0 saturated carbocycles. The molecule has 3 heterocycles. The van der Waals surface area contributed by atoms with Crippen molar-refractivity contribution in [3.63, 3.8) is 0 Å². The fourth-order valence-corrected chi connectivity index (χ4v) is 5.02. The first-order chi connectivity index (χ1) is 13.5. The second-order valence-corrected chi connectivity index (χ2v) is 8.73. The number of aliphatic imine (C=N–C) groups is 1. The fourth-order valence-electron chi connectivity index (χ4n) is 3.26. The van der Waals surface area contributed by atoms with Crippen LogP contribution in [0.1, 0.15) is 28.6 Å². The quantitative estimate of drug-likeness (QED) is 0.655. The van der Waals surface area contributed by atoms with Crippen molar-refractivity contribution in [1.82, 2.24) is 4.57 Å². The Morgan fingerprint density at radius 3 is 2.86 bits per heavy atom. The molecule has 1 atom stereocenters. The van der Waals surface area contributed by atoms with Crippen molar-refractivity contribution < 1.29 is 9.18 Å². The first-order valence-corrected chi connectivity index (χ1v) is 10.6. The van der Waals surface area contributed by atoms with Gasteiger partial charge >= 0.3 is 0 Å². The highest BCUT2D eigenvalue weighted by molar-refractivity contribution is 8.13. The van der Waals surface area contributed by atoms with Crippen molar-refractivity contribution in [3.05, 3.63) is 70.4 Å². The van der Waals surface area contributed by atoms with E-state index in [-0.39, 0.29) is 11.7 Å². The number of halogens is 1. The number of amides is 1. The van der Waals surface area contributed by atoms with Crippen LogP contribution in [-0.4, -0.2) is 21.4 Å². The molecular weight excluding hydrogens is 395 g/mol. The molecule has 1 aromatic carbocycles. The van der Waals surface area contributed by atoms with Crippen LogP contribution >= 0.6 is 23.1 Å². The summed E-state index contributed by atoms with van der Waals surface area (Å²) < 4.78 is 16.4. The molecule has 3 N–H and O–H groups in total. The van der Waals surface area contributed by atoms with Gasteiger partial charge in [-0.3, -0.25) is 9.79 Å². The summed E-state index contributed by atoms with van der Waals surface area (Å²) in [5.74, 6) is 0.189. The lowest BCUT2D eigenvalue weighted by atomic mass is 9.89. The van der Waals surface area contributed by atoms with Gasteiger partial charge < -0.3 is 15.6 Å². The Morgan fingerprint density at radius 2 is 2.11 bits per heavy atom. The maximum absolute atomic E-state index is 14.6. The third kappa shape index (κ3) is 3.57. The summed E-state index contributed by atoms with van der Waals surface area (Å²) in [7, 11) is 0. The van der Waals surface area contributed by atoms with Crippen LogP contribution in [0.25, 0.3) is 5.69 Å². The Balaban J connectivity index is 1.63. The molecule has 0 aliphatic carbocycles. The van der Waals surface area contributed by atoms with Crippen LogP contribution in [0.15, 0.2) is 59.2 Å². The number of thioether (sulfide) groups is 1. The summed E-state index contributed by atoms with van der Waals surface area (Å²) in [6.07, 6.45) is 4.45. The van der Waals surface area contributed by atoms with Crippen molar-refractivity contribution in [2.75, 3.05) is 11.1 Å². The van der Waals surface area contributed by atoms with Crippen molar-refractivity contribution >= 4 is 39.9 Å². The zero-order chi connectivity index (χ0) is 19.7. The minimum Gasteiger partial charge on any atom is -0.379 e. The standard InChI is InChI=1S/C20H19FN4OS2/c1-20(7-11-28-19(22)24-20)14-12-13(4-5-15(14)21)23-18(26)17-16(6-10-27-17)25-8-2-3-9-25/h2-6,8-10,12H,7,11H2,1H3,(H2,22,24)(H,23,26). The van der Waals surface area contributed by atoms with E-state index in [4.69, 9.17) is 5.73 Å². The molecular formula is C20H19FN4OS2. The number of hydrogen-bond acceptors (Lipinski definition) is 5. The number of amidine groups is 1. The molecule has 144 valence electrons. The number of benzene rings is 1. The van der Waals surface area contributed by atoms with Crippen molar-refractivity contribution in [2.45, 2.75) is 18.9 Å². The van der Waals surface area contributed by atoms with Crippen molar-refractivity contribution in [3.8, 4) is 5.69 Å². The average Bonchev–Trinajstić information content (AvgIpc) is 3.34. The number of nitrogens with one attached hydrogen (secondary N) is 1. The fraction of sp³-hybridized carbons (Fsp3) is 0.200. The van der Waals surface area contributed by atoms with Gasteiger partial charge in [0.25, 0.3) is 5.91 Å². The normalized spacial score (nSPS) is 19.3. The van der Waals surface area contributed by atoms with Crippen LogP contribution < -0.4 is 11.1 Å². The molecule has 0 radical (unpaired) electrons. The smallest absolute Gasteiger partial charge is 0.267 e. The van der Waals surface area contributed by atoms with Gasteiger partial charge in [-0.25, -0.2) is 4.39 Å². The molecule has 0 bridgehead atoms. The molecule has 1 unspecified atom stereocenters. The van der Waals surface area contributed by atoms with Gasteiger partial charge in [-0.2, -0.15) is 0 Å². The number of carbonyl (C=O) groups excluding carboxylic acids is 1. The zero-order valence-electron chi connectivity index (χ0n) is 15.2. The van der Waals surface area contributed by atoms with Crippen LogP contribution in [0.4, 0.5) is 10.1 Å². The van der Waals surface area contributed by atoms with Crippen LogP contribution in [-0.2, 0) is 5.54 Å². The number of thiophene rings is 1. The van der Waals surface area contributed by atoms with Gasteiger partial charge in [0, 0.05) is 29.4 Å². The van der Waals surface area contributed by atoms with E-state index in [0.29, 0.717) is 27.7 Å². The highest BCUT2D eigenvalue weighted by atomic mass is 32.2. The molecule has 28 heavy (non-hydrogen) atoms. The molecule has 3 aromatic rings. The number of carbonyl (C=O) groups is 1. The van der Waals surface area contributed by atoms with Gasteiger partial charge in [0.1, 0.15) is 10.7 Å². The van der Waals surface area contributed by atoms with Crippen LogP contribution in [0.3, 0.4) is 0 Å². The maximum Gasteiger partial charge on any atom is 0.267 e. The molecule has 8 heteroatoms. The van der Waals surface area contributed by atoms with E-state index in [2.05, 4.69) is 10.3 Å². The third-order valence-corrected chi connectivity index (χ3v) is 6.43. The topological polar surface area (TPSA) is 72.4 Å². The van der Waals surface area contributed by atoms with Gasteiger partial charge in [0.15, 0.2) is 5.17 Å². The highest BCUT2D eigenvalue weighted by Gasteiger charge is 2.32. The Labute approximate surface area is 170 Å². The summed E-state index contributed by atoms with van der Waals surface area (Å²) in [6.45, 7) is 1.87. The molecule has 1 amide bonds. The second-order valence-electron chi connectivity index (χ2n) is 6.70. The average molecular weight is 415 g/mol. The van der Waals surface area contributed by atoms with Crippen molar-refractivity contribution in [1.29, 1.82) is 0 Å². The summed E-state index contributed by atoms with van der Waals surface area (Å²) in [6, 6.07) is 10.3. The number of hydrogen-bond donors (Lipinski definition) is 2. The van der Waals surface area contributed by atoms with Crippen molar-refractivity contribution in [2.24, 2.45) is 10.7 Å². The van der Waals surface area contributed by atoms with Crippen LogP contribution in [0.2, 0.25) is 0 Å². The number of nitrogens with two attached hydrogens (primary N) is 1. The Hall–Kier alpha value is -2.58. The number of rotatable bonds is 4. The molecule has 5 nitrogen and oxygen atoms in total. The van der Waals surface area contributed by atoms with Gasteiger partial charge in [0.05, 0.1) is 11.2 Å². The molecule has 4 rings (SSSR count). The summed E-state index contributed by atoms with van der Waals surface area (Å²) in [5, 5.41) is 5.22. The number of nitrogens with zero attached hydrogens (tertiary/aromatic N) is 2. The molecule has 0 fully saturated rings. The first-order valence-electron chi connectivity index (χ1n) is 8.77. The minimum atomic E-state index is -0.737. The molecule has 2 aromatic heterocycles. The number of aromatic nitrogens is 1. The van der Waals surface area contributed by atoms with Gasteiger partial charge in [0.2, 0.25) is 0 Å². The van der Waals surface area contributed by atoms with Crippen LogP contribution in [0.5, 0.6) is 0 Å². The highest BCUT2D eigenvalue weighted by Crippen LogP contribution is 2.37. The summed E-state index contributed by atoms with van der Waals surface area (Å²) in [5.41, 5.74) is 6.90. The largest absolute Gasteiger partial charge is 0.379 e. The lowest BCUT2D eigenvalue weighted by Gasteiger charge is -2.30. The molecule has 1 aliphatic rings. The Bertz CT molecular complexity index is 1040. The van der Waals surface area contributed by atoms with Crippen LogP contribution in [0, 0.1) is 5.82 Å². The third-order valence-electron chi connectivity index (χ3n) is 4.73. The SMILES string of the molecule is CC1(c2cc(NC(=O)c3sccc3-n3cccc3)ccc2F)CCSC(N)=N1. The summed E-state index contributed by atoms with van der Waals surface area (Å²) >= 11 is 2.83. The lowest BCUT2D eigenvalue weighted by Crippen LogP contribution is -2.29. The first kappa shape index (κ1) is 18.8. The van der Waals surface area contributed by atoms with E-state index in [1.165, 1.54) is 29.2 Å². The molecule has 0 spiro atoms. The van der Waals surface area contributed by atoms with E-state index >= 15 is 0 Å². The predicted octanol–water partition coefficient (Wildman–Crippen LogP) is 4.60. The lowest BCUT2D eigenvalue weighted by molar-refractivity contribution is 0.103. The van der Waals surface area contributed by atoms with E-state index in [1.54, 1.807) is 12.1 Å². The molecule has 1 aliphatic heterocycles. The van der Waals surface area contributed by atoms with E-state index < -0.39 is 5.54 Å². The predicted molar refractivity (Wildman–Crippen MR) is 114 cm³/mol. The Morgan fingerprint density at radius 1 is 1.32 bits per heavy atom. The zero-order valence-corrected chi connectivity index (χ0v) is 16.8. The van der Waals surface area contributed by atoms with E-state index in [9.17, 15) is 9.18 Å². The minimum absolute atomic E-state index is 0.233. The van der Waals surface area contributed by atoms with E-state index in [1.807, 2.05) is 47.5 Å².